The highest BCUT2D eigenvalue weighted by atomic mass is 16.6. The van der Waals surface area contributed by atoms with Gasteiger partial charge in [0.15, 0.2) is 0 Å². The van der Waals surface area contributed by atoms with E-state index in [-0.39, 0.29) is 0 Å². The molecule has 0 radical (unpaired) electrons. The molecule has 0 saturated heterocycles. The van der Waals surface area contributed by atoms with Crippen molar-refractivity contribution in [2.75, 3.05) is 14.1 Å². The standard InChI is InChI=1S/C2H7N3.CH2O3/c1-5(2)4-3;2-1(3)4/h3H,1-2H3;(H2,2,3,4). The van der Waals surface area contributed by atoms with Crippen molar-refractivity contribution >= 4 is 6.16 Å². The Balaban J connectivity index is 0. The molecule has 0 aromatic rings. The summed E-state index contributed by atoms with van der Waals surface area (Å²) in [4.78, 5) is 8.56. The fraction of sp³-hybridized carbons (Fsp3) is 0.667. The summed E-state index contributed by atoms with van der Waals surface area (Å²) in [6, 6.07) is 0. The molecule has 0 unspecified atom stereocenters. The van der Waals surface area contributed by atoms with Crippen molar-refractivity contribution < 1.29 is 15.0 Å². The molecule has 0 atom stereocenters. The van der Waals surface area contributed by atoms with Crippen LogP contribution in [0.3, 0.4) is 0 Å². The fourth-order valence-corrected chi connectivity index (χ4v) is 0. The van der Waals surface area contributed by atoms with Crippen LogP contribution in [0.2, 0.25) is 0 Å². The molecule has 54 valence electrons. The zero-order valence-electron chi connectivity index (χ0n) is 5.20. The van der Waals surface area contributed by atoms with Crippen molar-refractivity contribution in [1.82, 2.24) is 5.01 Å². The third-order valence-corrected chi connectivity index (χ3v) is 0.200. The Labute approximate surface area is 52.2 Å². The van der Waals surface area contributed by atoms with E-state index in [1.165, 1.54) is 5.01 Å². The van der Waals surface area contributed by atoms with E-state index in [9.17, 15) is 0 Å². The van der Waals surface area contributed by atoms with E-state index >= 15 is 0 Å². The molecule has 0 saturated carbocycles. The largest absolute Gasteiger partial charge is 0.503 e. The summed E-state index contributed by atoms with van der Waals surface area (Å²) in [6.07, 6.45) is -1.83. The summed E-state index contributed by atoms with van der Waals surface area (Å²) in [5, 5.41) is 18.3. The van der Waals surface area contributed by atoms with Crippen LogP contribution in [0.1, 0.15) is 0 Å². The Morgan fingerprint density at radius 3 is 1.67 bits per heavy atom. The lowest BCUT2D eigenvalue weighted by molar-refractivity contribution is 0.137. The van der Waals surface area contributed by atoms with Crippen molar-refractivity contribution in [3.63, 3.8) is 0 Å². The number of carbonyl (C=O) groups is 1. The van der Waals surface area contributed by atoms with Crippen LogP contribution < -0.4 is 0 Å². The molecule has 0 aliphatic heterocycles. The Morgan fingerprint density at radius 1 is 1.56 bits per heavy atom. The van der Waals surface area contributed by atoms with Crippen molar-refractivity contribution in [2.45, 2.75) is 0 Å². The normalized spacial score (nSPS) is 6.44. The summed E-state index contributed by atoms with van der Waals surface area (Å²) in [6.45, 7) is 0. The first-order valence-corrected chi connectivity index (χ1v) is 1.97. The molecular formula is C3H9N3O3. The van der Waals surface area contributed by atoms with Gasteiger partial charge in [0.05, 0.1) is 0 Å². The summed E-state index contributed by atoms with van der Waals surface area (Å²) < 4.78 is 0. The molecule has 0 fully saturated rings. The Hall–Kier alpha value is -1.33. The highest BCUT2D eigenvalue weighted by molar-refractivity contribution is 5.53. The van der Waals surface area contributed by atoms with Gasteiger partial charge in [0.2, 0.25) is 0 Å². The first kappa shape index (κ1) is 10.6. The first-order valence-electron chi connectivity index (χ1n) is 1.97. The second-order valence-electron chi connectivity index (χ2n) is 1.23. The second-order valence-corrected chi connectivity index (χ2v) is 1.23. The highest BCUT2D eigenvalue weighted by Crippen LogP contribution is 1.64. The maximum atomic E-state index is 8.56. The molecule has 0 amide bonds. The van der Waals surface area contributed by atoms with Crippen molar-refractivity contribution in [3.05, 3.63) is 0 Å². The first-order chi connectivity index (χ1) is 4.00. The van der Waals surface area contributed by atoms with Gasteiger partial charge in [-0.05, 0) is 0 Å². The maximum Gasteiger partial charge on any atom is 0.503 e. The van der Waals surface area contributed by atoms with Gasteiger partial charge in [-0.3, -0.25) is 5.01 Å². The average molecular weight is 135 g/mol. The molecule has 0 aliphatic carbocycles. The van der Waals surface area contributed by atoms with Gasteiger partial charge in [-0.2, -0.15) is 5.53 Å². The average Bonchev–Trinajstić information content (AvgIpc) is 1.65. The van der Waals surface area contributed by atoms with Gasteiger partial charge in [0, 0.05) is 14.1 Å². The van der Waals surface area contributed by atoms with Crippen LogP contribution in [-0.2, 0) is 0 Å². The van der Waals surface area contributed by atoms with E-state index in [1.54, 1.807) is 14.1 Å². The zero-order valence-corrected chi connectivity index (χ0v) is 5.20. The minimum Gasteiger partial charge on any atom is -0.450 e. The predicted octanol–water partition coefficient (Wildman–Crippen LogP) is 0.716. The van der Waals surface area contributed by atoms with Crippen molar-refractivity contribution in [1.29, 1.82) is 5.53 Å². The summed E-state index contributed by atoms with van der Waals surface area (Å²) in [5.74, 6) is 0. The van der Waals surface area contributed by atoms with Gasteiger partial charge in [-0.25, -0.2) is 4.79 Å². The lowest BCUT2D eigenvalue weighted by atomic mass is 11.2. The number of nitrogens with zero attached hydrogens (tertiary/aromatic N) is 2. The lowest BCUT2D eigenvalue weighted by Crippen LogP contribution is -1.97. The molecule has 0 spiro atoms. The van der Waals surface area contributed by atoms with Gasteiger partial charge in [0.1, 0.15) is 0 Å². The van der Waals surface area contributed by atoms with Crippen LogP contribution in [0.4, 0.5) is 4.79 Å². The number of nitrogens with one attached hydrogen (secondary N) is 1. The van der Waals surface area contributed by atoms with E-state index in [0.717, 1.165) is 0 Å². The Kier molecular flexibility index (Phi) is 7.87. The van der Waals surface area contributed by atoms with Gasteiger partial charge in [0.25, 0.3) is 0 Å². The monoisotopic (exact) mass is 135 g/mol. The fourth-order valence-electron chi connectivity index (χ4n) is 0. The number of rotatable bonds is 1. The zero-order chi connectivity index (χ0) is 7.86. The van der Waals surface area contributed by atoms with E-state index < -0.39 is 6.16 Å². The molecule has 0 heterocycles. The minimum atomic E-state index is -1.83. The summed E-state index contributed by atoms with van der Waals surface area (Å²) in [7, 11) is 3.40. The number of hydrogen-bond donors (Lipinski definition) is 3. The quantitative estimate of drug-likeness (QED) is 0.364. The van der Waals surface area contributed by atoms with Crippen LogP contribution in [0.25, 0.3) is 0 Å². The molecule has 6 heteroatoms. The maximum absolute atomic E-state index is 8.56. The number of hydrogen-bond acceptors (Lipinski definition) is 3. The number of carboxylic acid groups (broad SMARTS) is 2. The molecule has 0 aliphatic rings. The molecule has 0 rings (SSSR count). The molecular weight excluding hydrogens is 126 g/mol. The molecule has 9 heavy (non-hydrogen) atoms. The van der Waals surface area contributed by atoms with Crippen LogP contribution in [0.5, 0.6) is 0 Å². The van der Waals surface area contributed by atoms with E-state index in [4.69, 9.17) is 20.5 Å². The van der Waals surface area contributed by atoms with Gasteiger partial charge >= 0.3 is 6.16 Å². The SMILES string of the molecule is CN(C)N=N.O=C(O)O. The van der Waals surface area contributed by atoms with E-state index in [2.05, 4.69) is 5.22 Å². The van der Waals surface area contributed by atoms with Crippen molar-refractivity contribution in [3.8, 4) is 0 Å². The second kappa shape index (κ2) is 6.67. The molecule has 0 aromatic heterocycles. The van der Waals surface area contributed by atoms with Crippen LogP contribution >= 0.6 is 0 Å². The Morgan fingerprint density at radius 2 is 1.67 bits per heavy atom. The predicted molar refractivity (Wildman–Crippen MR) is 29.5 cm³/mol. The van der Waals surface area contributed by atoms with E-state index in [0.29, 0.717) is 0 Å². The third kappa shape index (κ3) is 324. The van der Waals surface area contributed by atoms with Gasteiger partial charge in [-0.15, -0.1) is 0 Å². The van der Waals surface area contributed by atoms with Gasteiger partial charge in [-0.1, -0.05) is 5.22 Å². The van der Waals surface area contributed by atoms with Gasteiger partial charge < -0.3 is 10.2 Å². The molecule has 3 N–H and O–H groups in total. The Bertz CT molecular complexity index is 88.3. The molecule has 6 nitrogen and oxygen atoms in total. The van der Waals surface area contributed by atoms with Crippen LogP contribution in [0, 0.1) is 5.53 Å². The smallest absolute Gasteiger partial charge is 0.450 e. The van der Waals surface area contributed by atoms with Crippen LogP contribution in [0.15, 0.2) is 5.22 Å². The van der Waals surface area contributed by atoms with Crippen molar-refractivity contribution in [2.24, 2.45) is 5.22 Å². The topological polar surface area (TPSA) is 97.0 Å². The molecule has 0 bridgehead atoms. The van der Waals surface area contributed by atoms with Crippen LogP contribution in [-0.4, -0.2) is 35.5 Å². The summed E-state index contributed by atoms with van der Waals surface area (Å²) in [5.41, 5.74) is 6.21. The van der Waals surface area contributed by atoms with E-state index in [1.807, 2.05) is 0 Å². The lowest BCUT2D eigenvalue weighted by Gasteiger charge is -1.94. The third-order valence-electron chi connectivity index (χ3n) is 0.200. The molecule has 0 aromatic carbocycles. The summed E-state index contributed by atoms with van der Waals surface area (Å²) >= 11 is 0. The highest BCUT2D eigenvalue weighted by Gasteiger charge is 1.70. The minimum absolute atomic E-state index is 1.42.